The van der Waals surface area contributed by atoms with Gasteiger partial charge < -0.3 is 10.4 Å². The van der Waals surface area contributed by atoms with Gasteiger partial charge in [0.15, 0.2) is 0 Å². The van der Waals surface area contributed by atoms with Crippen molar-refractivity contribution in [2.45, 2.75) is 38.6 Å². The number of aromatic hydroxyl groups is 1. The lowest BCUT2D eigenvalue weighted by atomic mass is 9.95. The van der Waals surface area contributed by atoms with Gasteiger partial charge in [-0.3, -0.25) is 4.79 Å². The molecule has 0 spiro atoms. The first-order chi connectivity index (χ1) is 8.55. The summed E-state index contributed by atoms with van der Waals surface area (Å²) in [6, 6.07) is 6.80. The Balaban J connectivity index is 2.66. The zero-order valence-electron chi connectivity index (χ0n) is 10.9. The van der Waals surface area contributed by atoms with E-state index in [1.807, 2.05) is 6.07 Å². The molecule has 1 aromatic rings. The van der Waals surface area contributed by atoms with Gasteiger partial charge in [0.1, 0.15) is 5.75 Å². The lowest BCUT2D eigenvalue weighted by Crippen LogP contribution is -2.49. The fourth-order valence-electron chi connectivity index (χ4n) is 1.84. The van der Waals surface area contributed by atoms with Crippen LogP contribution in [0.3, 0.4) is 0 Å². The fraction of sp³-hybridized carbons (Fsp3) is 0.500. The maximum absolute atomic E-state index is 12.0. The molecule has 0 saturated heterocycles. The average molecular weight is 314 g/mol. The van der Waals surface area contributed by atoms with Gasteiger partial charge in [-0.05, 0) is 30.5 Å². The lowest BCUT2D eigenvalue weighted by Gasteiger charge is -2.31. The topological polar surface area (TPSA) is 49.3 Å². The van der Waals surface area contributed by atoms with Crippen molar-refractivity contribution in [3.05, 3.63) is 29.8 Å². The van der Waals surface area contributed by atoms with Gasteiger partial charge in [0.05, 0.1) is 6.42 Å². The highest BCUT2D eigenvalue weighted by Gasteiger charge is 2.26. The summed E-state index contributed by atoms with van der Waals surface area (Å²) >= 11 is 3.46. The monoisotopic (exact) mass is 313 g/mol. The van der Waals surface area contributed by atoms with Gasteiger partial charge in [-0.1, -0.05) is 41.9 Å². The molecule has 0 atom stereocenters. The normalized spacial score (nSPS) is 11.3. The number of carbonyl (C=O) groups excluding carboxylic acids is 1. The third kappa shape index (κ3) is 4.02. The number of phenols is 1. The number of rotatable bonds is 6. The van der Waals surface area contributed by atoms with Crippen LogP contribution in [0.1, 0.15) is 32.3 Å². The molecular formula is C14H20BrNO2. The molecule has 0 aliphatic heterocycles. The lowest BCUT2D eigenvalue weighted by molar-refractivity contribution is -0.122. The standard InChI is InChI=1S/C14H20BrNO2/c1-3-14(4-2,10-15)16-13(18)9-11-6-5-7-12(17)8-11/h5-8,17H,3-4,9-10H2,1-2H3,(H,16,18). The minimum atomic E-state index is -0.173. The molecule has 18 heavy (non-hydrogen) atoms. The summed E-state index contributed by atoms with van der Waals surface area (Å²) in [5.74, 6) is 0.182. The van der Waals surface area contributed by atoms with Crippen molar-refractivity contribution >= 4 is 21.8 Å². The van der Waals surface area contributed by atoms with E-state index < -0.39 is 0 Å². The molecule has 4 heteroatoms. The third-order valence-electron chi connectivity index (χ3n) is 3.29. The quantitative estimate of drug-likeness (QED) is 0.793. The molecule has 0 fully saturated rings. The van der Waals surface area contributed by atoms with Crippen LogP contribution in [0.15, 0.2) is 24.3 Å². The first-order valence-corrected chi connectivity index (χ1v) is 7.32. The van der Waals surface area contributed by atoms with Crippen molar-refractivity contribution in [3.8, 4) is 5.75 Å². The Kier molecular flexibility index (Phi) is 5.66. The number of halogens is 1. The summed E-state index contributed by atoms with van der Waals surface area (Å²) in [6.45, 7) is 4.14. The van der Waals surface area contributed by atoms with Gasteiger partial charge in [0, 0.05) is 10.9 Å². The van der Waals surface area contributed by atoms with Crippen molar-refractivity contribution in [1.82, 2.24) is 5.32 Å². The van der Waals surface area contributed by atoms with Gasteiger partial charge >= 0.3 is 0 Å². The van der Waals surface area contributed by atoms with Crippen molar-refractivity contribution < 1.29 is 9.90 Å². The molecule has 0 unspecified atom stereocenters. The number of phenolic OH excluding ortho intramolecular Hbond substituents is 1. The van der Waals surface area contributed by atoms with E-state index in [1.54, 1.807) is 18.2 Å². The molecule has 0 bridgehead atoms. The second-order valence-electron chi connectivity index (χ2n) is 4.52. The Morgan fingerprint density at radius 2 is 2.06 bits per heavy atom. The number of amides is 1. The van der Waals surface area contributed by atoms with E-state index in [-0.39, 0.29) is 17.2 Å². The minimum Gasteiger partial charge on any atom is -0.508 e. The summed E-state index contributed by atoms with van der Waals surface area (Å²) in [4.78, 5) is 12.0. The molecule has 0 saturated carbocycles. The van der Waals surface area contributed by atoms with E-state index in [4.69, 9.17) is 0 Å². The van der Waals surface area contributed by atoms with Crippen LogP contribution in [0.2, 0.25) is 0 Å². The molecule has 0 radical (unpaired) electrons. The van der Waals surface area contributed by atoms with Crippen LogP contribution in [0.4, 0.5) is 0 Å². The molecular weight excluding hydrogens is 294 g/mol. The third-order valence-corrected chi connectivity index (χ3v) is 4.36. The highest BCUT2D eigenvalue weighted by molar-refractivity contribution is 9.09. The average Bonchev–Trinajstić information content (AvgIpc) is 2.36. The molecule has 0 aliphatic rings. The summed E-state index contributed by atoms with van der Waals surface area (Å²) < 4.78 is 0. The van der Waals surface area contributed by atoms with Crippen molar-refractivity contribution in [2.24, 2.45) is 0 Å². The van der Waals surface area contributed by atoms with Crippen LogP contribution in [-0.4, -0.2) is 21.9 Å². The smallest absolute Gasteiger partial charge is 0.224 e. The molecule has 0 heterocycles. The van der Waals surface area contributed by atoms with Crippen LogP contribution >= 0.6 is 15.9 Å². The number of nitrogens with one attached hydrogen (secondary N) is 1. The maximum Gasteiger partial charge on any atom is 0.224 e. The van der Waals surface area contributed by atoms with Crippen LogP contribution in [0.25, 0.3) is 0 Å². The molecule has 1 aromatic carbocycles. The minimum absolute atomic E-state index is 0.0104. The first kappa shape index (κ1) is 15.0. The largest absolute Gasteiger partial charge is 0.508 e. The van der Waals surface area contributed by atoms with Crippen molar-refractivity contribution in [3.63, 3.8) is 0 Å². The molecule has 3 nitrogen and oxygen atoms in total. The van der Waals surface area contributed by atoms with E-state index in [0.29, 0.717) is 6.42 Å². The summed E-state index contributed by atoms with van der Waals surface area (Å²) in [5.41, 5.74) is 0.650. The highest BCUT2D eigenvalue weighted by Crippen LogP contribution is 2.18. The van der Waals surface area contributed by atoms with Crippen LogP contribution < -0.4 is 5.32 Å². The number of carbonyl (C=O) groups is 1. The number of alkyl halides is 1. The summed E-state index contributed by atoms with van der Waals surface area (Å²) in [6.07, 6.45) is 2.07. The molecule has 100 valence electrons. The van der Waals surface area contributed by atoms with E-state index >= 15 is 0 Å². The van der Waals surface area contributed by atoms with Crippen molar-refractivity contribution in [2.75, 3.05) is 5.33 Å². The van der Waals surface area contributed by atoms with Crippen LogP contribution in [-0.2, 0) is 11.2 Å². The molecule has 0 aromatic heterocycles. The number of hydrogen-bond donors (Lipinski definition) is 2. The van der Waals surface area contributed by atoms with E-state index in [2.05, 4.69) is 35.1 Å². The van der Waals surface area contributed by atoms with E-state index in [1.165, 1.54) is 0 Å². The van der Waals surface area contributed by atoms with Crippen LogP contribution in [0, 0.1) is 0 Å². The van der Waals surface area contributed by atoms with Crippen molar-refractivity contribution in [1.29, 1.82) is 0 Å². The van der Waals surface area contributed by atoms with Crippen LogP contribution in [0.5, 0.6) is 5.75 Å². The predicted octanol–water partition coefficient (Wildman–Crippen LogP) is 3.00. The fourth-order valence-corrected chi connectivity index (χ4v) is 2.77. The summed E-state index contributed by atoms with van der Waals surface area (Å²) in [7, 11) is 0. The van der Waals surface area contributed by atoms with Gasteiger partial charge in [0.2, 0.25) is 5.91 Å². The Morgan fingerprint density at radius 3 is 2.56 bits per heavy atom. The maximum atomic E-state index is 12.0. The van der Waals surface area contributed by atoms with E-state index in [0.717, 1.165) is 23.7 Å². The van der Waals surface area contributed by atoms with Gasteiger partial charge in [0.25, 0.3) is 0 Å². The SMILES string of the molecule is CCC(CC)(CBr)NC(=O)Cc1cccc(O)c1. The second kappa shape index (κ2) is 6.78. The Labute approximate surface area is 117 Å². The Morgan fingerprint density at radius 1 is 1.39 bits per heavy atom. The zero-order valence-corrected chi connectivity index (χ0v) is 12.5. The first-order valence-electron chi connectivity index (χ1n) is 6.20. The molecule has 1 amide bonds. The Hall–Kier alpha value is -1.03. The number of benzene rings is 1. The summed E-state index contributed by atoms with van der Waals surface area (Å²) in [5, 5.41) is 13.2. The van der Waals surface area contributed by atoms with E-state index in [9.17, 15) is 9.90 Å². The zero-order chi connectivity index (χ0) is 13.6. The molecule has 0 aliphatic carbocycles. The molecule has 1 rings (SSSR count). The second-order valence-corrected chi connectivity index (χ2v) is 5.08. The molecule has 2 N–H and O–H groups in total. The predicted molar refractivity (Wildman–Crippen MR) is 77.1 cm³/mol. The van der Waals surface area contributed by atoms with Gasteiger partial charge in [-0.2, -0.15) is 0 Å². The Bertz CT molecular complexity index is 394. The number of hydrogen-bond acceptors (Lipinski definition) is 2. The van der Waals surface area contributed by atoms with Gasteiger partial charge in [-0.15, -0.1) is 0 Å². The van der Waals surface area contributed by atoms with Gasteiger partial charge in [-0.25, -0.2) is 0 Å². The highest BCUT2D eigenvalue weighted by atomic mass is 79.9.